The number of rotatable bonds is 6. The number of likely N-dealkylation sites (tertiary alicyclic amines) is 1. The predicted molar refractivity (Wildman–Crippen MR) is 137 cm³/mol. The molecule has 7 nitrogen and oxygen atoms in total. The molecule has 1 aromatic rings. The molecule has 35 heavy (non-hydrogen) atoms. The van der Waals surface area contributed by atoms with Crippen LogP contribution < -0.4 is 5.32 Å². The Balaban J connectivity index is 0.00000167. The fourth-order valence-corrected chi connectivity index (χ4v) is 5.62. The van der Waals surface area contributed by atoms with Crippen LogP contribution >= 0.6 is 0 Å². The molecule has 2 aliphatic heterocycles. The number of benzene rings is 1. The topological polar surface area (TPSA) is 77.1 Å². The van der Waals surface area contributed by atoms with Gasteiger partial charge in [-0.15, -0.1) is 0 Å². The minimum atomic E-state index is -0.659. The third-order valence-electron chi connectivity index (χ3n) is 7.26. The second-order valence-corrected chi connectivity index (χ2v) is 9.20. The van der Waals surface area contributed by atoms with Crippen molar-refractivity contribution in [3.63, 3.8) is 0 Å². The van der Waals surface area contributed by atoms with Gasteiger partial charge in [-0.2, -0.15) is 0 Å². The lowest BCUT2D eigenvalue weighted by molar-refractivity contribution is -0.143. The standard InChI is InChI=1S/C26H34N2O5.C2H6/c1-3-19-8-5-6-9-22(19)20-10-12-21(13-11-20)33-16-23-26(18-31-17-24(29)27-26)14-7-15-28(23)25(30)32-4-2;1-2/h3-6,8-9,20-21,23H,1-2,7,10-18H2,(H,27,29);1-2H3. The van der Waals surface area contributed by atoms with E-state index in [0.717, 1.165) is 44.8 Å². The van der Waals surface area contributed by atoms with Crippen molar-refractivity contribution >= 4 is 18.1 Å². The minimum Gasteiger partial charge on any atom is -0.419 e. The van der Waals surface area contributed by atoms with E-state index in [9.17, 15) is 9.59 Å². The zero-order valence-electron chi connectivity index (χ0n) is 21.2. The highest BCUT2D eigenvalue weighted by Crippen LogP contribution is 2.37. The lowest BCUT2D eigenvalue weighted by Crippen LogP contribution is -2.71. The number of carbonyl (C=O) groups is 2. The van der Waals surface area contributed by atoms with E-state index in [1.54, 1.807) is 4.90 Å². The van der Waals surface area contributed by atoms with Gasteiger partial charge in [-0.3, -0.25) is 4.79 Å². The van der Waals surface area contributed by atoms with Crippen LogP contribution in [0.2, 0.25) is 0 Å². The highest BCUT2D eigenvalue weighted by Gasteiger charge is 2.50. The van der Waals surface area contributed by atoms with Crippen molar-refractivity contribution in [1.29, 1.82) is 0 Å². The van der Waals surface area contributed by atoms with Crippen molar-refractivity contribution in [2.45, 2.75) is 76.0 Å². The molecule has 2 unspecified atom stereocenters. The molecular formula is C28H40N2O5. The maximum atomic E-state index is 12.6. The van der Waals surface area contributed by atoms with Crippen molar-refractivity contribution in [2.75, 3.05) is 26.4 Å². The Morgan fingerprint density at radius 1 is 1.23 bits per heavy atom. The average molecular weight is 485 g/mol. The molecule has 1 aliphatic carbocycles. The maximum Gasteiger partial charge on any atom is 0.415 e. The summed E-state index contributed by atoms with van der Waals surface area (Å²) in [6.45, 7) is 12.7. The second-order valence-electron chi connectivity index (χ2n) is 9.20. The molecule has 1 spiro atoms. The van der Waals surface area contributed by atoms with Crippen LogP contribution in [0.3, 0.4) is 0 Å². The number of hydrogen-bond donors (Lipinski definition) is 1. The van der Waals surface area contributed by atoms with Crippen molar-refractivity contribution in [3.05, 3.63) is 54.8 Å². The fraction of sp³-hybridized carbons (Fsp3) is 0.571. The largest absolute Gasteiger partial charge is 0.419 e. The van der Waals surface area contributed by atoms with Gasteiger partial charge in [-0.25, -0.2) is 4.79 Å². The molecule has 3 fully saturated rings. The third-order valence-corrected chi connectivity index (χ3v) is 7.26. The molecule has 2 atom stereocenters. The average Bonchev–Trinajstić information content (AvgIpc) is 2.89. The number of nitrogens with one attached hydrogen (secondary N) is 1. The fourth-order valence-electron chi connectivity index (χ4n) is 5.62. The SMILES string of the molecule is C=COC(=O)N1CCCC2(COCC(=O)N2)C1COC1CCC(c2ccccc2C=C)CC1.CC. The van der Waals surface area contributed by atoms with E-state index < -0.39 is 11.6 Å². The molecule has 2 saturated heterocycles. The highest BCUT2D eigenvalue weighted by atomic mass is 16.5. The van der Waals surface area contributed by atoms with Crippen LogP contribution in [0, 0.1) is 0 Å². The molecule has 2 heterocycles. The number of carbonyl (C=O) groups excluding carboxylic acids is 2. The van der Waals surface area contributed by atoms with Gasteiger partial charge in [0.2, 0.25) is 5.91 Å². The highest BCUT2D eigenvalue weighted by molar-refractivity contribution is 5.79. The maximum absolute atomic E-state index is 12.6. The first kappa shape index (κ1) is 27.0. The molecule has 4 rings (SSSR count). The molecular weight excluding hydrogens is 444 g/mol. The smallest absolute Gasteiger partial charge is 0.415 e. The lowest BCUT2D eigenvalue weighted by Gasteiger charge is -2.51. The molecule has 2 amide bonds. The summed E-state index contributed by atoms with van der Waals surface area (Å²) in [7, 11) is 0. The summed E-state index contributed by atoms with van der Waals surface area (Å²) in [4.78, 5) is 26.5. The summed E-state index contributed by atoms with van der Waals surface area (Å²) in [6.07, 6.45) is 8.20. The summed E-state index contributed by atoms with van der Waals surface area (Å²) < 4.78 is 17.1. The van der Waals surface area contributed by atoms with Crippen LogP contribution in [0.25, 0.3) is 6.08 Å². The van der Waals surface area contributed by atoms with Crippen molar-refractivity contribution in [2.24, 2.45) is 0 Å². The zero-order chi connectivity index (χ0) is 25.3. The van der Waals surface area contributed by atoms with Gasteiger partial charge in [0.15, 0.2) is 0 Å². The molecule has 0 aromatic heterocycles. The third kappa shape index (κ3) is 6.33. The summed E-state index contributed by atoms with van der Waals surface area (Å²) in [5.41, 5.74) is 1.90. The molecule has 1 aromatic carbocycles. The van der Waals surface area contributed by atoms with Crippen molar-refractivity contribution in [1.82, 2.24) is 10.2 Å². The molecule has 0 bridgehead atoms. The molecule has 0 radical (unpaired) electrons. The van der Waals surface area contributed by atoms with Crippen LogP contribution in [0.5, 0.6) is 0 Å². The first-order chi connectivity index (χ1) is 17.1. The van der Waals surface area contributed by atoms with E-state index >= 15 is 0 Å². The van der Waals surface area contributed by atoms with Crippen LogP contribution in [0.15, 0.2) is 43.7 Å². The van der Waals surface area contributed by atoms with E-state index in [1.165, 1.54) is 11.1 Å². The molecule has 192 valence electrons. The van der Waals surface area contributed by atoms with Gasteiger partial charge in [0, 0.05) is 6.54 Å². The minimum absolute atomic E-state index is 0.0443. The number of amides is 2. The Kier molecular flexibility index (Phi) is 9.93. The van der Waals surface area contributed by atoms with Crippen molar-refractivity contribution in [3.8, 4) is 0 Å². The van der Waals surface area contributed by atoms with Crippen LogP contribution in [-0.4, -0.2) is 61.0 Å². The number of morpholine rings is 1. The first-order valence-electron chi connectivity index (χ1n) is 12.9. The Morgan fingerprint density at radius 3 is 2.66 bits per heavy atom. The summed E-state index contributed by atoms with van der Waals surface area (Å²) in [5, 5.41) is 3.11. The number of ether oxygens (including phenoxy) is 3. The quantitative estimate of drug-likeness (QED) is 0.573. The lowest BCUT2D eigenvalue weighted by atomic mass is 9.80. The molecule has 1 saturated carbocycles. The summed E-state index contributed by atoms with van der Waals surface area (Å²) in [6, 6.07) is 8.09. The Hall–Kier alpha value is -2.64. The van der Waals surface area contributed by atoms with Gasteiger partial charge in [0.05, 0.1) is 37.2 Å². The Morgan fingerprint density at radius 2 is 1.97 bits per heavy atom. The number of hydrogen-bond acceptors (Lipinski definition) is 5. The van der Waals surface area contributed by atoms with Gasteiger partial charge in [-0.05, 0) is 55.6 Å². The van der Waals surface area contributed by atoms with Gasteiger partial charge in [0.25, 0.3) is 0 Å². The van der Waals surface area contributed by atoms with Gasteiger partial charge in [-0.1, -0.05) is 57.3 Å². The van der Waals surface area contributed by atoms with E-state index in [0.29, 0.717) is 25.7 Å². The van der Waals surface area contributed by atoms with Gasteiger partial charge < -0.3 is 24.4 Å². The number of piperidine rings is 1. The van der Waals surface area contributed by atoms with Crippen LogP contribution in [0.1, 0.15) is 69.4 Å². The molecule has 7 heteroatoms. The molecule has 3 aliphatic rings. The summed E-state index contributed by atoms with van der Waals surface area (Å²) in [5.74, 6) is 0.344. The van der Waals surface area contributed by atoms with Gasteiger partial charge in [0.1, 0.15) is 6.61 Å². The van der Waals surface area contributed by atoms with Crippen LogP contribution in [0.4, 0.5) is 4.79 Å². The Labute approximate surface area is 209 Å². The second kappa shape index (κ2) is 12.9. The van der Waals surface area contributed by atoms with E-state index in [-0.39, 0.29) is 24.7 Å². The zero-order valence-corrected chi connectivity index (χ0v) is 21.2. The van der Waals surface area contributed by atoms with Crippen molar-refractivity contribution < 1.29 is 23.8 Å². The molecule has 1 N–H and O–H groups in total. The van der Waals surface area contributed by atoms with E-state index in [1.807, 2.05) is 26.0 Å². The van der Waals surface area contributed by atoms with E-state index in [2.05, 4.69) is 36.7 Å². The summed E-state index contributed by atoms with van der Waals surface area (Å²) >= 11 is 0. The number of nitrogens with zero attached hydrogens (tertiary/aromatic N) is 1. The predicted octanol–water partition coefficient (Wildman–Crippen LogP) is 5.03. The normalized spacial score (nSPS) is 28.3. The van der Waals surface area contributed by atoms with Gasteiger partial charge >= 0.3 is 6.09 Å². The van der Waals surface area contributed by atoms with Crippen LogP contribution in [-0.2, 0) is 19.0 Å². The Bertz CT molecular complexity index is 876. The monoisotopic (exact) mass is 484 g/mol. The first-order valence-corrected chi connectivity index (χ1v) is 12.9. The van der Waals surface area contributed by atoms with E-state index in [4.69, 9.17) is 14.2 Å².